The van der Waals surface area contributed by atoms with Gasteiger partial charge in [-0.2, -0.15) is 0 Å². The second kappa shape index (κ2) is 20.3. The Labute approximate surface area is 316 Å². The van der Waals surface area contributed by atoms with Crippen molar-refractivity contribution in [3.63, 3.8) is 0 Å². The molecule has 2 heterocycles. The first-order chi connectivity index (χ1) is 25.8. The summed E-state index contributed by atoms with van der Waals surface area (Å²) >= 11 is 0. The molecule has 3 atom stereocenters. The Morgan fingerprint density at radius 3 is 2.24 bits per heavy atom. The molecule has 0 aliphatic carbocycles. The van der Waals surface area contributed by atoms with Crippen LogP contribution in [0.3, 0.4) is 0 Å². The molecule has 2 aliphatic rings. The van der Waals surface area contributed by atoms with E-state index < -0.39 is 63.3 Å². The molecule has 0 unspecified atom stereocenters. The van der Waals surface area contributed by atoms with Crippen molar-refractivity contribution in [1.82, 2.24) is 21.3 Å². The maximum absolute atomic E-state index is 13.8. The molecule has 2 aliphatic heterocycles. The molecule has 0 aromatic heterocycles. The Morgan fingerprint density at radius 1 is 0.944 bits per heavy atom. The van der Waals surface area contributed by atoms with Gasteiger partial charge in [-0.1, -0.05) is 86.6 Å². The van der Waals surface area contributed by atoms with Gasteiger partial charge in [-0.25, -0.2) is 22.8 Å². The van der Waals surface area contributed by atoms with Crippen molar-refractivity contribution in [3.8, 4) is 5.75 Å². The molecular weight excluding hydrogens is 717 g/mol. The van der Waals surface area contributed by atoms with Crippen LogP contribution in [0.1, 0.15) is 43.4 Å². The number of carbonyl (C=O) groups excluding carboxylic acids is 3. The highest BCUT2D eigenvalue weighted by atomic mass is 32.2. The SMILES string of the molecule is CC(C)[C@H]1COCCCCOc2ccc(cc2)C[C@@H](NC(=O)N[C@@](Cc2ccccc2)(CS(=O)(=O)CCNC(=O)OCc2ccccc2)C(=O)O)C(=O)N1. The number of benzene rings is 3. The van der Waals surface area contributed by atoms with Crippen LogP contribution in [0.4, 0.5) is 9.59 Å². The van der Waals surface area contributed by atoms with Crippen molar-refractivity contribution in [1.29, 1.82) is 0 Å². The molecule has 3 aromatic rings. The fraction of sp³-hybridized carbons (Fsp3) is 0.436. The monoisotopic (exact) mass is 766 g/mol. The van der Waals surface area contributed by atoms with Gasteiger partial charge in [-0.15, -0.1) is 0 Å². The van der Waals surface area contributed by atoms with Crippen LogP contribution in [0.5, 0.6) is 5.75 Å². The molecule has 4 amide bonds. The van der Waals surface area contributed by atoms with E-state index in [1.165, 1.54) is 0 Å². The van der Waals surface area contributed by atoms with Crippen molar-refractivity contribution in [2.45, 2.75) is 63.8 Å². The average Bonchev–Trinajstić information content (AvgIpc) is 3.13. The summed E-state index contributed by atoms with van der Waals surface area (Å²) in [5, 5.41) is 21.0. The van der Waals surface area contributed by atoms with E-state index in [9.17, 15) is 32.7 Å². The van der Waals surface area contributed by atoms with E-state index in [1.54, 1.807) is 78.9 Å². The van der Waals surface area contributed by atoms with Crippen LogP contribution in [0, 0.1) is 5.92 Å². The molecule has 3 aromatic carbocycles. The summed E-state index contributed by atoms with van der Waals surface area (Å²) in [6, 6.07) is 21.6. The molecule has 5 N–H and O–H groups in total. The summed E-state index contributed by atoms with van der Waals surface area (Å²) in [7, 11) is -4.24. The summed E-state index contributed by atoms with van der Waals surface area (Å²) in [6.07, 6.45) is 0.359. The Hall–Kier alpha value is -5.15. The largest absolute Gasteiger partial charge is 0.494 e. The number of sulfone groups is 1. The second-order valence-corrected chi connectivity index (χ2v) is 15.8. The highest BCUT2D eigenvalue weighted by Crippen LogP contribution is 2.19. The first kappa shape index (κ1) is 41.6. The lowest BCUT2D eigenvalue weighted by Crippen LogP contribution is -2.64. The molecule has 54 heavy (non-hydrogen) atoms. The van der Waals surface area contributed by atoms with Gasteiger partial charge in [-0.05, 0) is 47.6 Å². The number of hydrogen-bond donors (Lipinski definition) is 5. The second-order valence-electron chi connectivity index (χ2n) is 13.6. The fourth-order valence-electron chi connectivity index (χ4n) is 5.77. The number of amides is 4. The molecule has 5 rings (SSSR count). The van der Waals surface area contributed by atoms with Crippen LogP contribution in [0.2, 0.25) is 0 Å². The zero-order chi connectivity index (χ0) is 39.0. The number of carbonyl (C=O) groups is 4. The predicted octanol–water partition coefficient (Wildman–Crippen LogP) is 3.63. The number of hydrogen-bond acceptors (Lipinski definition) is 9. The summed E-state index contributed by atoms with van der Waals surface area (Å²) in [5.41, 5.74) is -0.482. The van der Waals surface area contributed by atoms with E-state index in [-0.39, 0.29) is 38.1 Å². The molecular formula is C39H50N4O10S. The Kier molecular flexibility index (Phi) is 15.7. The van der Waals surface area contributed by atoms with Crippen LogP contribution >= 0.6 is 0 Å². The molecule has 292 valence electrons. The molecule has 0 radical (unpaired) electrons. The topological polar surface area (TPSA) is 198 Å². The number of nitrogens with one attached hydrogen (secondary N) is 4. The van der Waals surface area contributed by atoms with E-state index in [1.807, 2.05) is 19.9 Å². The standard InChI is InChI=1S/C39H50N4O10S/c1-28(2)34-26-51-20-9-10-21-52-32-17-15-29(16-18-32)23-33(35(44)41-34)42-37(47)43-39(36(45)46,24-30-11-5-3-6-12-30)27-54(49,50)22-19-40-38(48)53-25-31-13-7-4-8-14-31/h3-8,11-18,28,33-34H,9-10,19-27H2,1-2H3,(H,40,48)(H,41,44)(H,45,46)(H2,42,43,47)/t33-,34-,39+/m1/s1. The number of alkyl carbamates (subject to hydrolysis) is 1. The number of carboxylic acids is 1. The molecule has 0 saturated heterocycles. The van der Waals surface area contributed by atoms with E-state index in [0.29, 0.717) is 30.1 Å². The van der Waals surface area contributed by atoms with Crippen molar-refractivity contribution >= 4 is 33.8 Å². The summed E-state index contributed by atoms with van der Waals surface area (Å²) < 4.78 is 43.8. The van der Waals surface area contributed by atoms with Crippen LogP contribution in [-0.4, -0.2) is 93.0 Å². The van der Waals surface area contributed by atoms with E-state index in [2.05, 4.69) is 21.3 Å². The molecule has 14 nitrogen and oxygen atoms in total. The minimum atomic E-state index is -4.24. The number of carboxylic acid groups (broad SMARTS) is 1. The minimum Gasteiger partial charge on any atom is -0.494 e. The molecule has 0 spiro atoms. The van der Waals surface area contributed by atoms with Crippen LogP contribution < -0.4 is 26.0 Å². The number of rotatable bonds is 13. The Balaban J connectivity index is 1.53. The van der Waals surface area contributed by atoms with Gasteiger partial charge < -0.3 is 40.6 Å². The first-order valence-electron chi connectivity index (χ1n) is 17.9. The van der Waals surface area contributed by atoms with Crippen LogP contribution in [0.15, 0.2) is 84.9 Å². The smallest absolute Gasteiger partial charge is 0.407 e. The van der Waals surface area contributed by atoms with Crippen LogP contribution in [0.25, 0.3) is 0 Å². The maximum atomic E-state index is 13.8. The van der Waals surface area contributed by atoms with Gasteiger partial charge in [-0.3, -0.25) is 4.79 Å². The van der Waals surface area contributed by atoms with Gasteiger partial charge in [0.05, 0.1) is 30.8 Å². The van der Waals surface area contributed by atoms with E-state index in [0.717, 1.165) is 18.4 Å². The van der Waals surface area contributed by atoms with E-state index >= 15 is 0 Å². The Bertz CT molecular complexity index is 1780. The number of ether oxygens (including phenoxy) is 3. The van der Waals surface area contributed by atoms with Gasteiger partial charge in [0.2, 0.25) is 5.91 Å². The lowest BCUT2D eigenvalue weighted by Gasteiger charge is -2.32. The van der Waals surface area contributed by atoms with Gasteiger partial charge in [0, 0.05) is 26.0 Å². The van der Waals surface area contributed by atoms with Gasteiger partial charge in [0.25, 0.3) is 0 Å². The average molecular weight is 767 g/mol. The third kappa shape index (κ3) is 13.7. The summed E-state index contributed by atoms with van der Waals surface area (Å²) in [4.78, 5) is 52.9. The molecule has 0 fully saturated rings. The van der Waals surface area contributed by atoms with Crippen molar-refractivity contribution in [3.05, 3.63) is 102 Å². The fourth-order valence-corrected chi connectivity index (χ4v) is 7.37. The van der Waals surface area contributed by atoms with Crippen LogP contribution in [-0.2, 0) is 48.3 Å². The zero-order valence-electron chi connectivity index (χ0n) is 30.6. The zero-order valence-corrected chi connectivity index (χ0v) is 31.4. The number of urea groups is 1. The first-order valence-corrected chi connectivity index (χ1v) is 19.8. The van der Waals surface area contributed by atoms with Gasteiger partial charge in [0.15, 0.2) is 15.4 Å². The predicted molar refractivity (Wildman–Crippen MR) is 202 cm³/mol. The van der Waals surface area contributed by atoms with Crippen molar-refractivity contribution in [2.24, 2.45) is 5.92 Å². The third-order valence-corrected chi connectivity index (χ3v) is 10.6. The number of fused-ring (bicyclic) bond motifs is 13. The highest BCUT2D eigenvalue weighted by Gasteiger charge is 2.45. The molecule has 2 bridgehead atoms. The quantitative estimate of drug-likeness (QED) is 0.171. The number of aliphatic carboxylic acids is 1. The molecule has 0 saturated carbocycles. The summed E-state index contributed by atoms with van der Waals surface area (Å²) in [6.45, 7) is 4.71. The third-order valence-electron chi connectivity index (χ3n) is 8.84. The molecule has 15 heteroatoms. The lowest BCUT2D eigenvalue weighted by atomic mass is 9.92. The lowest BCUT2D eigenvalue weighted by molar-refractivity contribution is -0.143. The van der Waals surface area contributed by atoms with Gasteiger partial charge >= 0.3 is 18.1 Å². The Morgan fingerprint density at radius 2 is 1.59 bits per heavy atom. The van der Waals surface area contributed by atoms with Crippen molar-refractivity contribution < 1.29 is 46.9 Å². The minimum absolute atomic E-state index is 0.0131. The maximum Gasteiger partial charge on any atom is 0.407 e. The normalized spacial score (nSPS) is 18.0. The summed E-state index contributed by atoms with van der Waals surface area (Å²) in [5.74, 6) is -3.14. The van der Waals surface area contributed by atoms with Gasteiger partial charge in [0.1, 0.15) is 18.4 Å². The van der Waals surface area contributed by atoms with E-state index in [4.69, 9.17) is 14.2 Å². The highest BCUT2D eigenvalue weighted by molar-refractivity contribution is 7.91. The van der Waals surface area contributed by atoms with Crippen molar-refractivity contribution in [2.75, 3.05) is 37.9 Å².